The van der Waals surface area contributed by atoms with Crippen LogP contribution in [0.5, 0.6) is 0 Å². The van der Waals surface area contributed by atoms with Crippen LogP contribution >= 0.6 is 0 Å². The molecule has 2 fully saturated rings. The predicted molar refractivity (Wildman–Crippen MR) is 93.0 cm³/mol. The van der Waals surface area contributed by atoms with Gasteiger partial charge in [-0.1, -0.05) is 38.2 Å². The molecule has 0 heterocycles. The first-order valence-electron chi connectivity index (χ1n) is 9.42. The van der Waals surface area contributed by atoms with Gasteiger partial charge in [0.2, 0.25) is 0 Å². The molecule has 0 heteroatoms. The maximum Gasteiger partial charge on any atom is 0.0203 e. The van der Waals surface area contributed by atoms with Crippen LogP contribution < -0.4 is 0 Å². The molecule has 0 amide bonds. The fourth-order valence-corrected chi connectivity index (χ4v) is 4.48. The normalized spacial score (nSPS) is 33.0. The highest BCUT2D eigenvalue weighted by Gasteiger charge is 2.30. The van der Waals surface area contributed by atoms with Crippen LogP contribution in [0.15, 0.2) is 12.7 Å². The first kappa shape index (κ1) is 16.7. The van der Waals surface area contributed by atoms with Crippen molar-refractivity contribution in [2.45, 2.75) is 84.0 Å². The summed E-state index contributed by atoms with van der Waals surface area (Å²) in [6.45, 7) is 5.99. The largest absolute Gasteiger partial charge is 0.103 e. The van der Waals surface area contributed by atoms with Crippen molar-refractivity contribution in [3.05, 3.63) is 12.7 Å². The summed E-state index contributed by atoms with van der Waals surface area (Å²) in [6.07, 6.45) is 18.8. The van der Waals surface area contributed by atoms with Crippen LogP contribution in [0.2, 0.25) is 0 Å². The van der Waals surface area contributed by atoms with E-state index in [1.807, 2.05) is 0 Å². The van der Waals surface area contributed by atoms with Gasteiger partial charge in [-0.25, -0.2) is 0 Å². The van der Waals surface area contributed by atoms with Crippen LogP contribution in [0.3, 0.4) is 0 Å². The summed E-state index contributed by atoms with van der Waals surface area (Å²) in [5.41, 5.74) is 0. The molecule has 2 saturated carbocycles. The van der Waals surface area contributed by atoms with E-state index in [-0.39, 0.29) is 0 Å². The van der Waals surface area contributed by atoms with E-state index in [4.69, 9.17) is 0 Å². The minimum atomic E-state index is 0.719. The Balaban J connectivity index is 1.65. The molecule has 2 aliphatic carbocycles. The topological polar surface area (TPSA) is 0 Å². The second kappa shape index (κ2) is 9.34. The quantitative estimate of drug-likeness (QED) is 0.313. The van der Waals surface area contributed by atoms with Crippen molar-refractivity contribution in [1.82, 2.24) is 0 Å². The summed E-state index contributed by atoms with van der Waals surface area (Å²) in [6, 6.07) is 0. The van der Waals surface area contributed by atoms with E-state index >= 15 is 0 Å². The first-order chi connectivity index (χ1) is 10.3. The SMILES string of the molecule is C=CCCCC1CCC([C@H]2CC[C@H](C#CCC)CC2)CC1. The van der Waals surface area contributed by atoms with Gasteiger partial charge in [-0.3, -0.25) is 0 Å². The average Bonchev–Trinajstić information content (AvgIpc) is 2.54. The summed E-state index contributed by atoms with van der Waals surface area (Å²) >= 11 is 0. The number of hydrogen-bond donors (Lipinski definition) is 0. The van der Waals surface area contributed by atoms with Crippen LogP contribution in [0.25, 0.3) is 0 Å². The van der Waals surface area contributed by atoms with Crippen LogP contribution in [0.4, 0.5) is 0 Å². The third-order valence-corrected chi connectivity index (χ3v) is 5.83. The molecule has 0 spiro atoms. The zero-order valence-corrected chi connectivity index (χ0v) is 14.1. The molecule has 2 aliphatic rings. The Labute approximate surface area is 132 Å². The summed E-state index contributed by atoms with van der Waals surface area (Å²) in [4.78, 5) is 0. The monoisotopic (exact) mass is 286 g/mol. The highest BCUT2D eigenvalue weighted by atomic mass is 14.3. The maximum absolute atomic E-state index is 3.83. The van der Waals surface area contributed by atoms with Crippen LogP contribution in [0.1, 0.15) is 84.0 Å². The van der Waals surface area contributed by atoms with Gasteiger partial charge in [-0.15, -0.1) is 12.5 Å². The zero-order chi connectivity index (χ0) is 14.9. The molecule has 0 nitrogen and oxygen atoms in total. The van der Waals surface area contributed by atoms with Gasteiger partial charge in [0, 0.05) is 12.3 Å². The van der Waals surface area contributed by atoms with Crippen molar-refractivity contribution in [2.75, 3.05) is 0 Å². The molecule has 0 atom stereocenters. The Bertz CT molecular complexity index is 340. The lowest BCUT2D eigenvalue weighted by atomic mass is 9.69. The van der Waals surface area contributed by atoms with Gasteiger partial charge < -0.3 is 0 Å². The first-order valence-corrected chi connectivity index (χ1v) is 9.42. The van der Waals surface area contributed by atoms with Gasteiger partial charge in [0.1, 0.15) is 0 Å². The van der Waals surface area contributed by atoms with Crippen molar-refractivity contribution in [2.24, 2.45) is 23.7 Å². The molecular weight excluding hydrogens is 252 g/mol. The van der Waals surface area contributed by atoms with E-state index in [1.165, 1.54) is 70.6 Å². The van der Waals surface area contributed by atoms with Crippen LogP contribution in [0, 0.1) is 35.5 Å². The summed E-state index contributed by atoms with van der Waals surface area (Å²) < 4.78 is 0. The summed E-state index contributed by atoms with van der Waals surface area (Å²) in [5, 5.41) is 0. The summed E-state index contributed by atoms with van der Waals surface area (Å²) in [7, 11) is 0. The second-order valence-corrected chi connectivity index (χ2v) is 7.29. The fourth-order valence-electron chi connectivity index (χ4n) is 4.48. The van der Waals surface area contributed by atoms with E-state index in [1.54, 1.807) is 0 Å². The second-order valence-electron chi connectivity index (χ2n) is 7.29. The fraction of sp³-hybridized carbons (Fsp3) is 0.810. The van der Waals surface area contributed by atoms with Crippen LogP contribution in [-0.4, -0.2) is 0 Å². The van der Waals surface area contributed by atoms with Gasteiger partial charge in [-0.05, 0) is 69.1 Å². The molecule has 0 aromatic rings. The van der Waals surface area contributed by atoms with E-state index < -0.39 is 0 Å². The molecule has 0 aliphatic heterocycles. The number of unbranched alkanes of at least 4 members (excludes halogenated alkanes) is 1. The predicted octanol–water partition coefficient (Wildman–Crippen LogP) is 6.37. The molecule has 21 heavy (non-hydrogen) atoms. The molecular formula is C21H34. The smallest absolute Gasteiger partial charge is 0.0203 e. The Kier molecular flexibility index (Phi) is 7.42. The van der Waals surface area contributed by atoms with E-state index in [9.17, 15) is 0 Å². The Hall–Kier alpha value is -0.700. The molecule has 2 rings (SSSR count). The highest BCUT2D eigenvalue weighted by molar-refractivity contribution is 5.04. The van der Waals surface area contributed by atoms with Crippen molar-refractivity contribution >= 4 is 0 Å². The molecule has 0 unspecified atom stereocenters. The van der Waals surface area contributed by atoms with Gasteiger partial charge >= 0.3 is 0 Å². The molecule has 0 bridgehead atoms. The van der Waals surface area contributed by atoms with Gasteiger partial charge in [0.15, 0.2) is 0 Å². The van der Waals surface area contributed by atoms with Gasteiger partial charge in [0.25, 0.3) is 0 Å². The highest BCUT2D eigenvalue weighted by Crippen LogP contribution is 2.42. The minimum Gasteiger partial charge on any atom is -0.103 e. The zero-order valence-electron chi connectivity index (χ0n) is 14.1. The van der Waals surface area contributed by atoms with Crippen molar-refractivity contribution in [1.29, 1.82) is 0 Å². The molecule has 0 N–H and O–H groups in total. The van der Waals surface area contributed by atoms with E-state index in [0.717, 1.165) is 30.1 Å². The van der Waals surface area contributed by atoms with Crippen LogP contribution in [-0.2, 0) is 0 Å². The molecule has 118 valence electrons. The average molecular weight is 287 g/mol. The Morgan fingerprint density at radius 1 is 0.952 bits per heavy atom. The maximum atomic E-state index is 3.83. The molecule has 0 radical (unpaired) electrons. The Morgan fingerprint density at radius 3 is 2.14 bits per heavy atom. The van der Waals surface area contributed by atoms with E-state index in [0.29, 0.717) is 0 Å². The third kappa shape index (κ3) is 5.54. The van der Waals surface area contributed by atoms with Gasteiger partial charge in [-0.2, -0.15) is 0 Å². The van der Waals surface area contributed by atoms with Gasteiger partial charge in [0.05, 0.1) is 0 Å². The lowest BCUT2D eigenvalue weighted by molar-refractivity contribution is 0.153. The number of allylic oxidation sites excluding steroid dienone is 1. The summed E-state index contributed by atoms with van der Waals surface area (Å²) in [5.74, 6) is 10.6. The van der Waals surface area contributed by atoms with E-state index in [2.05, 4.69) is 31.4 Å². The molecule has 0 saturated heterocycles. The van der Waals surface area contributed by atoms with Crippen molar-refractivity contribution < 1.29 is 0 Å². The molecule has 0 aromatic carbocycles. The number of hydrogen-bond acceptors (Lipinski definition) is 0. The minimum absolute atomic E-state index is 0.719. The standard InChI is InChI=1S/C21H34/c1-3-5-7-9-19-12-16-21(17-13-19)20-14-10-18(11-15-20)8-6-4-2/h3,18-21H,1,4-5,7,9-17H2,2H3/t18-,19?,20-,21?. The molecule has 0 aromatic heterocycles. The van der Waals surface area contributed by atoms with Crippen molar-refractivity contribution in [3.63, 3.8) is 0 Å². The lowest BCUT2D eigenvalue weighted by Gasteiger charge is -2.37. The lowest BCUT2D eigenvalue weighted by Crippen LogP contribution is -2.25. The number of rotatable bonds is 5. The van der Waals surface area contributed by atoms with Crippen molar-refractivity contribution in [3.8, 4) is 11.8 Å². The third-order valence-electron chi connectivity index (χ3n) is 5.83. The Morgan fingerprint density at radius 2 is 1.57 bits per heavy atom.